The summed E-state index contributed by atoms with van der Waals surface area (Å²) in [5.41, 5.74) is 0.900. The Bertz CT molecular complexity index is 1030. The molecule has 0 radical (unpaired) electrons. The van der Waals surface area contributed by atoms with Gasteiger partial charge in [0, 0.05) is 37.5 Å². The van der Waals surface area contributed by atoms with Crippen LogP contribution in [0, 0.1) is 0 Å². The average molecular weight is 446 g/mol. The van der Waals surface area contributed by atoms with Crippen molar-refractivity contribution in [1.82, 2.24) is 9.80 Å². The maximum absolute atomic E-state index is 12.7. The Labute approximate surface area is 182 Å². The molecule has 2 aliphatic heterocycles. The number of benzene rings is 2. The molecule has 0 bridgehead atoms. The van der Waals surface area contributed by atoms with Gasteiger partial charge in [0.15, 0.2) is 11.5 Å². The van der Waals surface area contributed by atoms with Gasteiger partial charge in [-0.1, -0.05) is 0 Å². The highest BCUT2D eigenvalue weighted by Gasteiger charge is 2.20. The van der Waals surface area contributed by atoms with Gasteiger partial charge in [0.05, 0.1) is 4.90 Å². The number of amides is 1. The minimum atomic E-state index is -3.80. The number of carbonyl (C=O) groups is 1. The molecule has 0 spiro atoms. The lowest BCUT2D eigenvalue weighted by molar-refractivity contribution is 0.0782. The van der Waals surface area contributed by atoms with Crippen LogP contribution in [-0.4, -0.2) is 70.6 Å². The SMILES string of the molecule is CN(CCN1CCCC1)C(=O)c1ccc(NS(=O)(=O)c2ccc3c(c2)OCCO3)cc1. The van der Waals surface area contributed by atoms with Gasteiger partial charge < -0.3 is 19.3 Å². The first-order chi connectivity index (χ1) is 14.9. The van der Waals surface area contributed by atoms with E-state index in [1.54, 1.807) is 42.3 Å². The monoisotopic (exact) mass is 445 g/mol. The third kappa shape index (κ3) is 5.11. The molecule has 1 fully saturated rings. The average Bonchev–Trinajstić information content (AvgIpc) is 3.30. The fraction of sp³-hybridized carbons (Fsp3) is 0.409. The van der Waals surface area contributed by atoms with Crippen LogP contribution in [0.15, 0.2) is 47.4 Å². The summed E-state index contributed by atoms with van der Waals surface area (Å²) in [4.78, 5) is 16.8. The van der Waals surface area contributed by atoms with Crippen LogP contribution in [0.3, 0.4) is 0 Å². The minimum Gasteiger partial charge on any atom is -0.486 e. The van der Waals surface area contributed by atoms with E-state index in [-0.39, 0.29) is 10.8 Å². The number of anilines is 1. The third-order valence-electron chi connectivity index (χ3n) is 5.51. The second kappa shape index (κ2) is 9.15. The molecule has 2 heterocycles. The Hall–Kier alpha value is -2.78. The standard InChI is InChI=1S/C22H27N3O5S/c1-24(12-13-25-10-2-3-11-25)22(26)17-4-6-18(7-5-17)23-31(27,28)19-8-9-20-21(16-19)30-15-14-29-20/h4-9,16,23H,2-3,10-15H2,1H3. The van der Waals surface area contributed by atoms with Gasteiger partial charge in [0.25, 0.3) is 15.9 Å². The number of nitrogens with one attached hydrogen (secondary N) is 1. The highest BCUT2D eigenvalue weighted by molar-refractivity contribution is 7.92. The Balaban J connectivity index is 1.38. The first-order valence-electron chi connectivity index (χ1n) is 10.4. The molecule has 0 unspecified atom stereocenters. The molecule has 1 saturated heterocycles. The Morgan fingerprint density at radius 1 is 1.03 bits per heavy atom. The molecule has 4 rings (SSSR count). The molecule has 2 aliphatic rings. The van der Waals surface area contributed by atoms with Crippen molar-refractivity contribution in [3.63, 3.8) is 0 Å². The number of fused-ring (bicyclic) bond motifs is 1. The zero-order valence-corrected chi connectivity index (χ0v) is 18.4. The van der Waals surface area contributed by atoms with Gasteiger partial charge in [-0.3, -0.25) is 9.52 Å². The van der Waals surface area contributed by atoms with Gasteiger partial charge in [-0.05, 0) is 62.3 Å². The van der Waals surface area contributed by atoms with Crippen molar-refractivity contribution in [3.05, 3.63) is 48.0 Å². The zero-order valence-electron chi connectivity index (χ0n) is 17.5. The molecule has 8 nitrogen and oxygen atoms in total. The highest BCUT2D eigenvalue weighted by Crippen LogP contribution is 2.32. The van der Waals surface area contributed by atoms with Gasteiger partial charge in [-0.25, -0.2) is 8.42 Å². The van der Waals surface area contributed by atoms with Gasteiger partial charge in [0.1, 0.15) is 13.2 Å². The smallest absolute Gasteiger partial charge is 0.262 e. The van der Waals surface area contributed by atoms with E-state index in [1.807, 2.05) is 0 Å². The molecule has 9 heteroatoms. The van der Waals surface area contributed by atoms with Crippen molar-refractivity contribution in [2.75, 3.05) is 51.2 Å². The third-order valence-corrected chi connectivity index (χ3v) is 6.88. The van der Waals surface area contributed by atoms with Gasteiger partial charge in [-0.2, -0.15) is 0 Å². The summed E-state index contributed by atoms with van der Waals surface area (Å²) < 4.78 is 38.9. The molecule has 2 aromatic carbocycles. The molecule has 0 aromatic heterocycles. The number of hydrogen-bond donors (Lipinski definition) is 1. The molecule has 1 N–H and O–H groups in total. The van der Waals surface area contributed by atoms with Gasteiger partial charge in [0.2, 0.25) is 0 Å². The number of likely N-dealkylation sites (tertiary alicyclic amines) is 1. The fourth-order valence-corrected chi connectivity index (χ4v) is 4.78. The van der Waals surface area contributed by atoms with E-state index in [4.69, 9.17) is 9.47 Å². The molecule has 0 saturated carbocycles. The van der Waals surface area contributed by atoms with Crippen LogP contribution in [0.2, 0.25) is 0 Å². The first-order valence-corrected chi connectivity index (χ1v) is 11.9. The summed E-state index contributed by atoms with van der Waals surface area (Å²) in [6.07, 6.45) is 2.45. The molecule has 0 aliphatic carbocycles. The summed E-state index contributed by atoms with van der Waals surface area (Å²) in [7, 11) is -2.01. The predicted molar refractivity (Wildman–Crippen MR) is 117 cm³/mol. The number of likely N-dealkylation sites (N-methyl/N-ethyl adjacent to an activating group) is 1. The van der Waals surface area contributed by atoms with E-state index in [1.165, 1.54) is 25.0 Å². The van der Waals surface area contributed by atoms with Crippen molar-refractivity contribution in [1.29, 1.82) is 0 Å². The molecule has 31 heavy (non-hydrogen) atoms. The van der Waals surface area contributed by atoms with E-state index in [9.17, 15) is 13.2 Å². The normalized spacial score (nSPS) is 16.2. The van der Waals surface area contributed by atoms with Gasteiger partial charge >= 0.3 is 0 Å². The largest absolute Gasteiger partial charge is 0.486 e. The predicted octanol–water partition coefficient (Wildman–Crippen LogP) is 2.43. The molecule has 0 atom stereocenters. The van der Waals surface area contributed by atoms with Crippen LogP contribution in [0.25, 0.3) is 0 Å². The maximum Gasteiger partial charge on any atom is 0.262 e. The zero-order chi connectivity index (χ0) is 21.8. The van der Waals surface area contributed by atoms with Crippen LogP contribution in [0.1, 0.15) is 23.2 Å². The van der Waals surface area contributed by atoms with E-state index < -0.39 is 10.0 Å². The van der Waals surface area contributed by atoms with E-state index in [0.29, 0.717) is 42.5 Å². The van der Waals surface area contributed by atoms with Crippen LogP contribution in [0.4, 0.5) is 5.69 Å². The van der Waals surface area contributed by atoms with Crippen molar-refractivity contribution in [2.45, 2.75) is 17.7 Å². The second-order valence-corrected chi connectivity index (χ2v) is 9.45. The number of rotatable bonds is 7. The molecule has 1 amide bonds. The van der Waals surface area contributed by atoms with Crippen LogP contribution >= 0.6 is 0 Å². The quantitative estimate of drug-likeness (QED) is 0.704. The van der Waals surface area contributed by atoms with Crippen LogP contribution < -0.4 is 14.2 Å². The summed E-state index contributed by atoms with van der Waals surface area (Å²) in [5.74, 6) is 0.856. The molecule has 2 aromatic rings. The van der Waals surface area contributed by atoms with Gasteiger partial charge in [-0.15, -0.1) is 0 Å². The minimum absolute atomic E-state index is 0.0820. The van der Waals surface area contributed by atoms with E-state index >= 15 is 0 Å². The molecular formula is C22H27N3O5S. The summed E-state index contributed by atoms with van der Waals surface area (Å²) in [6.45, 7) is 4.55. The lowest BCUT2D eigenvalue weighted by atomic mass is 10.2. The number of carbonyl (C=O) groups excluding carboxylic acids is 1. The van der Waals surface area contributed by atoms with Crippen molar-refractivity contribution >= 4 is 21.6 Å². The highest BCUT2D eigenvalue weighted by atomic mass is 32.2. The number of nitrogens with zero attached hydrogens (tertiary/aromatic N) is 2. The van der Waals surface area contributed by atoms with Crippen molar-refractivity contribution in [3.8, 4) is 11.5 Å². The molecule has 166 valence electrons. The summed E-state index contributed by atoms with van der Waals surface area (Å²) in [6, 6.07) is 11.0. The summed E-state index contributed by atoms with van der Waals surface area (Å²) >= 11 is 0. The first kappa shape index (κ1) is 21.5. The van der Waals surface area contributed by atoms with E-state index in [0.717, 1.165) is 19.6 Å². The number of sulfonamides is 1. The second-order valence-electron chi connectivity index (χ2n) is 7.76. The summed E-state index contributed by atoms with van der Waals surface area (Å²) in [5, 5.41) is 0. The van der Waals surface area contributed by atoms with Crippen LogP contribution in [0.5, 0.6) is 11.5 Å². The van der Waals surface area contributed by atoms with Crippen molar-refractivity contribution < 1.29 is 22.7 Å². The lowest BCUT2D eigenvalue weighted by Crippen LogP contribution is -2.35. The Morgan fingerprint density at radius 2 is 1.71 bits per heavy atom. The Kier molecular flexibility index (Phi) is 6.33. The Morgan fingerprint density at radius 3 is 2.42 bits per heavy atom. The maximum atomic E-state index is 12.7. The van der Waals surface area contributed by atoms with Crippen molar-refractivity contribution in [2.24, 2.45) is 0 Å². The number of hydrogen-bond acceptors (Lipinski definition) is 6. The topological polar surface area (TPSA) is 88.2 Å². The van der Waals surface area contributed by atoms with E-state index in [2.05, 4.69) is 9.62 Å². The number of ether oxygens (including phenoxy) is 2. The lowest BCUT2D eigenvalue weighted by Gasteiger charge is -2.21. The fourth-order valence-electron chi connectivity index (χ4n) is 3.71. The molecular weight excluding hydrogens is 418 g/mol. The van der Waals surface area contributed by atoms with Crippen LogP contribution in [-0.2, 0) is 10.0 Å².